The molecule has 0 saturated heterocycles. The summed E-state index contributed by atoms with van der Waals surface area (Å²) in [6.07, 6.45) is 4.80. The zero-order valence-electron chi connectivity index (χ0n) is 17.5. The second kappa shape index (κ2) is 6.39. The van der Waals surface area contributed by atoms with Gasteiger partial charge in [0, 0.05) is 23.6 Å². The predicted octanol–water partition coefficient (Wildman–Crippen LogP) is 3.43. The first kappa shape index (κ1) is 18.5. The molecular weight excluding hydrogens is 394 g/mol. The van der Waals surface area contributed by atoms with Gasteiger partial charge in [0.25, 0.3) is 5.91 Å². The van der Waals surface area contributed by atoms with Gasteiger partial charge in [-0.25, -0.2) is 4.98 Å². The number of hydrogen-bond donors (Lipinski definition) is 2. The predicted molar refractivity (Wildman–Crippen MR) is 115 cm³/mol. The minimum atomic E-state index is -0.206. The molecule has 0 radical (unpaired) electrons. The van der Waals surface area contributed by atoms with Gasteiger partial charge in [-0.1, -0.05) is 12.5 Å². The van der Waals surface area contributed by atoms with Crippen molar-refractivity contribution in [2.24, 2.45) is 7.05 Å². The van der Waals surface area contributed by atoms with Crippen LogP contribution in [0.1, 0.15) is 48.3 Å². The number of aromatic nitrogens is 2. The molecule has 31 heavy (non-hydrogen) atoms. The zero-order chi connectivity index (χ0) is 21.2. The Hall–Kier alpha value is -3.22. The van der Waals surface area contributed by atoms with Gasteiger partial charge in [0.2, 0.25) is 0 Å². The zero-order valence-corrected chi connectivity index (χ0v) is 17.5. The lowest BCUT2D eigenvalue weighted by atomic mass is 9.49. The fourth-order valence-electron chi connectivity index (χ4n) is 5.95. The summed E-state index contributed by atoms with van der Waals surface area (Å²) in [6, 6.07) is 10.9. The molecule has 1 aliphatic heterocycles. The molecule has 3 aromatic rings. The van der Waals surface area contributed by atoms with E-state index in [0.717, 1.165) is 43.4 Å². The Morgan fingerprint density at radius 2 is 1.94 bits per heavy atom. The Morgan fingerprint density at radius 1 is 1.13 bits per heavy atom. The van der Waals surface area contributed by atoms with Crippen LogP contribution in [0.4, 0.5) is 0 Å². The van der Waals surface area contributed by atoms with Crippen molar-refractivity contribution < 1.29 is 19.4 Å². The molecule has 7 nitrogen and oxygen atoms in total. The molecule has 2 N–H and O–H groups in total. The van der Waals surface area contributed by atoms with E-state index in [4.69, 9.17) is 14.5 Å². The molecule has 0 unspecified atom stereocenters. The summed E-state index contributed by atoms with van der Waals surface area (Å²) < 4.78 is 13.3. The number of imidazole rings is 1. The van der Waals surface area contributed by atoms with Crippen LogP contribution in [0.5, 0.6) is 17.2 Å². The number of carbonyl (C=O) groups is 1. The number of amides is 1. The second-order valence-corrected chi connectivity index (χ2v) is 9.22. The van der Waals surface area contributed by atoms with E-state index in [1.807, 2.05) is 19.2 Å². The van der Waals surface area contributed by atoms with Gasteiger partial charge in [-0.05, 0) is 56.0 Å². The largest absolute Gasteiger partial charge is 0.506 e. The molecule has 2 heterocycles. The highest BCUT2D eigenvalue weighted by Gasteiger charge is 2.60. The Balaban J connectivity index is 1.26. The topological polar surface area (TPSA) is 85.6 Å². The first-order chi connectivity index (χ1) is 15.0. The van der Waals surface area contributed by atoms with Crippen LogP contribution in [0.25, 0.3) is 11.0 Å². The Bertz CT molecular complexity index is 1210. The first-order valence-electron chi connectivity index (χ1n) is 10.9. The van der Waals surface area contributed by atoms with Crippen LogP contribution in [0.2, 0.25) is 0 Å². The maximum absolute atomic E-state index is 13.1. The number of aryl methyl sites for hydroxylation is 1. The quantitative estimate of drug-likeness (QED) is 0.679. The fourth-order valence-corrected chi connectivity index (χ4v) is 5.95. The van der Waals surface area contributed by atoms with Gasteiger partial charge in [0.05, 0.1) is 5.52 Å². The van der Waals surface area contributed by atoms with Crippen LogP contribution in [0.15, 0.2) is 36.4 Å². The lowest BCUT2D eigenvalue weighted by Crippen LogP contribution is -2.66. The minimum Gasteiger partial charge on any atom is -0.506 e. The summed E-state index contributed by atoms with van der Waals surface area (Å²) in [4.78, 5) is 17.9. The van der Waals surface area contributed by atoms with Crippen LogP contribution in [0.3, 0.4) is 0 Å². The maximum Gasteiger partial charge on any atom is 0.251 e. The monoisotopic (exact) mass is 419 g/mol. The van der Waals surface area contributed by atoms with E-state index in [0.29, 0.717) is 35.8 Å². The lowest BCUT2D eigenvalue weighted by molar-refractivity contribution is 0.00350. The van der Waals surface area contributed by atoms with Crippen molar-refractivity contribution in [1.29, 1.82) is 0 Å². The molecular formula is C24H25N3O4. The smallest absolute Gasteiger partial charge is 0.251 e. The summed E-state index contributed by atoms with van der Waals surface area (Å²) in [5.74, 6) is 2.46. The van der Waals surface area contributed by atoms with Gasteiger partial charge in [-0.15, -0.1) is 0 Å². The average Bonchev–Trinajstić information content (AvgIpc) is 3.11. The Labute approximate surface area is 180 Å². The number of aromatic hydroxyl groups is 1. The van der Waals surface area contributed by atoms with Crippen molar-refractivity contribution in [3.05, 3.63) is 47.8 Å². The number of para-hydroxylation sites is 1. The number of ether oxygens (including phenoxy) is 2. The highest BCUT2D eigenvalue weighted by molar-refractivity contribution is 5.95. The van der Waals surface area contributed by atoms with Crippen molar-refractivity contribution in [3.8, 4) is 17.2 Å². The lowest BCUT2D eigenvalue weighted by Gasteiger charge is -2.60. The van der Waals surface area contributed by atoms with E-state index in [9.17, 15) is 9.90 Å². The van der Waals surface area contributed by atoms with E-state index < -0.39 is 0 Å². The summed E-state index contributed by atoms with van der Waals surface area (Å²) >= 11 is 0. The fraction of sp³-hybridized carbons (Fsp3) is 0.417. The molecule has 3 fully saturated rings. The first-order valence-corrected chi connectivity index (χ1v) is 10.9. The minimum absolute atomic E-state index is 0.0570. The van der Waals surface area contributed by atoms with Crippen LogP contribution >= 0.6 is 0 Å². The number of phenols is 1. The summed E-state index contributed by atoms with van der Waals surface area (Å²) in [6.45, 7) is 1.03. The van der Waals surface area contributed by atoms with Gasteiger partial charge < -0.3 is 24.5 Å². The number of benzene rings is 2. The van der Waals surface area contributed by atoms with E-state index in [1.165, 1.54) is 0 Å². The number of rotatable bonds is 3. The van der Waals surface area contributed by atoms with Crippen molar-refractivity contribution >= 4 is 16.9 Å². The molecule has 2 aromatic carbocycles. The molecule has 0 spiro atoms. The molecule has 3 aliphatic carbocycles. The van der Waals surface area contributed by atoms with E-state index >= 15 is 0 Å². The maximum atomic E-state index is 13.1. The normalized spacial score (nSPS) is 26.4. The van der Waals surface area contributed by atoms with Crippen molar-refractivity contribution in [1.82, 2.24) is 14.9 Å². The van der Waals surface area contributed by atoms with Crippen LogP contribution < -0.4 is 14.8 Å². The van der Waals surface area contributed by atoms with E-state index in [2.05, 4.69) is 9.88 Å². The van der Waals surface area contributed by atoms with E-state index in [-0.39, 0.29) is 22.6 Å². The molecule has 4 aliphatic rings. The Morgan fingerprint density at radius 3 is 2.74 bits per heavy atom. The molecule has 160 valence electrons. The van der Waals surface area contributed by atoms with Gasteiger partial charge in [0.15, 0.2) is 11.5 Å². The second-order valence-electron chi connectivity index (χ2n) is 9.22. The highest BCUT2D eigenvalue weighted by atomic mass is 16.6. The molecule has 7 rings (SSSR count). The van der Waals surface area contributed by atoms with Gasteiger partial charge in [-0.3, -0.25) is 4.79 Å². The highest BCUT2D eigenvalue weighted by Crippen LogP contribution is 2.59. The average molecular weight is 419 g/mol. The molecule has 0 atom stereocenters. The summed E-state index contributed by atoms with van der Waals surface area (Å²) in [5, 5.41) is 13.6. The molecule has 1 amide bonds. The number of nitrogens with zero attached hydrogens (tertiary/aromatic N) is 2. The third kappa shape index (κ3) is 2.72. The summed E-state index contributed by atoms with van der Waals surface area (Å²) in [5.41, 5.74) is 1.92. The SMILES string of the molecule is Cn1c(C23CCCC(NC(=O)c4ccc5c(c4)OCCO5)(C2)C3)nc2c(O)cccc21. The number of hydrogen-bond acceptors (Lipinski definition) is 5. The molecule has 2 bridgehead atoms. The number of fused-ring (bicyclic) bond motifs is 4. The van der Waals surface area contributed by atoms with Crippen molar-refractivity contribution in [3.63, 3.8) is 0 Å². The molecule has 7 heteroatoms. The van der Waals surface area contributed by atoms with Crippen LogP contribution in [0, 0.1) is 0 Å². The summed E-state index contributed by atoms with van der Waals surface area (Å²) in [7, 11) is 2.02. The van der Waals surface area contributed by atoms with Crippen molar-refractivity contribution in [2.75, 3.05) is 13.2 Å². The third-order valence-corrected chi connectivity index (χ3v) is 7.21. The number of nitrogens with one attached hydrogen (secondary N) is 1. The van der Waals surface area contributed by atoms with Crippen LogP contribution in [-0.4, -0.2) is 39.3 Å². The van der Waals surface area contributed by atoms with Gasteiger partial charge in [0.1, 0.15) is 30.3 Å². The van der Waals surface area contributed by atoms with Gasteiger partial charge in [-0.2, -0.15) is 0 Å². The molecule has 1 aromatic heterocycles. The number of carbonyl (C=O) groups excluding carboxylic acids is 1. The molecule has 3 saturated carbocycles. The Kier molecular flexibility index (Phi) is 3.82. The third-order valence-electron chi connectivity index (χ3n) is 7.21. The van der Waals surface area contributed by atoms with Crippen LogP contribution in [-0.2, 0) is 12.5 Å². The standard InChI is InChI=1S/C24H25N3O4/c1-27-16-4-2-5-17(28)20(16)25-22(27)23-8-3-9-24(13-23,14-23)26-21(29)15-6-7-18-19(12-15)31-11-10-30-18/h2,4-7,12,28H,3,8-11,13-14H2,1H3,(H,26,29). The van der Waals surface area contributed by atoms with Gasteiger partial charge >= 0.3 is 0 Å². The van der Waals surface area contributed by atoms with Crippen molar-refractivity contribution in [2.45, 2.75) is 43.1 Å². The van der Waals surface area contributed by atoms with E-state index in [1.54, 1.807) is 24.3 Å². The number of phenolic OH excluding ortho intramolecular Hbond substituents is 1.